The molecule has 150 valence electrons. The highest BCUT2D eigenvalue weighted by molar-refractivity contribution is 6.00. The van der Waals surface area contributed by atoms with Gasteiger partial charge in [0.2, 0.25) is 0 Å². The predicted octanol–water partition coefficient (Wildman–Crippen LogP) is 7.89. The topological polar surface area (TPSA) is 12.4 Å². The molecule has 1 heteroatoms. The first-order valence-corrected chi connectivity index (χ1v) is 10.8. The van der Waals surface area contributed by atoms with Crippen molar-refractivity contribution >= 4 is 11.4 Å². The molecule has 0 fully saturated rings. The van der Waals surface area contributed by atoms with Gasteiger partial charge in [0.15, 0.2) is 0 Å². The van der Waals surface area contributed by atoms with Crippen molar-refractivity contribution in [2.45, 2.75) is 47.5 Å². The minimum atomic E-state index is 0.582. The van der Waals surface area contributed by atoms with Gasteiger partial charge in [-0.05, 0) is 71.6 Å². The molecule has 0 amide bonds. The molecule has 0 unspecified atom stereocenters. The van der Waals surface area contributed by atoms with E-state index in [9.17, 15) is 0 Å². The van der Waals surface area contributed by atoms with Crippen LogP contribution in [0.5, 0.6) is 0 Å². The minimum Gasteiger partial charge on any atom is -0.253 e. The van der Waals surface area contributed by atoms with Crippen LogP contribution in [0.3, 0.4) is 0 Å². The lowest BCUT2D eigenvalue weighted by molar-refractivity contribution is 0.637. The van der Waals surface area contributed by atoms with Gasteiger partial charge in [0.05, 0.1) is 5.69 Å². The Bertz CT molecular complexity index is 919. The second-order valence-corrected chi connectivity index (χ2v) is 8.77. The zero-order valence-corrected chi connectivity index (χ0v) is 18.4. The summed E-state index contributed by atoms with van der Waals surface area (Å²) in [6, 6.07) is 25.9. The average Bonchev–Trinajstić information content (AvgIpc) is 2.70. The molecular weight excluding hydrogens is 350 g/mol. The normalized spacial score (nSPS) is 12.0. The SMILES string of the molecule is C/C(=N\c1c(CC(C)C)cc(-c2ccccc2)cc1CC(C)C)c1ccccc1. The lowest BCUT2D eigenvalue weighted by Gasteiger charge is -2.18. The van der Waals surface area contributed by atoms with E-state index in [-0.39, 0.29) is 0 Å². The van der Waals surface area contributed by atoms with Crippen LogP contribution in [-0.4, -0.2) is 5.71 Å². The Morgan fingerprint density at radius 3 is 1.66 bits per heavy atom. The van der Waals surface area contributed by atoms with Crippen LogP contribution in [0.15, 0.2) is 77.8 Å². The lowest BCUT2D eigenvalue weighted by atomic mass is 9.90. The van der Waals surface area contributed by atoms with Crippen LogP contribution >= 0.6 is 0 Å². The van der Waals surface area contributed by atoms with Gasteiger partial charge in [0, 0.05) is 5.71 Å². The molecule has 0 radical (unpaired) electrons. The van der Waals surface area contributed by atoms with E-state index in [0.29, 0.717) is 11.8 Å². The molecule has 3 aromatic rings. The van der Waals surface area contributed by atoms with E-state index >= 15 is 0 Å². The van der Waals surface area contributed by atoms with E-state index in [2.05, 4.69) is 107 Å². The standard InChI is InChI=1S/C28H33N/c1-20(2)16-26-18-25(24-14-10-7-11-15-24)19-27(17-21(3)4)28(26)29-22(5)23-12-8-6-9-13-23/h6-15,18-21H,16-17H2,1-5H3/b29-22+. The van der Waals surface area contributed by atoms with Crippen LogP contribution < -0.4 is 0 Å². The van der Waals surface area contributed by atoms with Crippen molar-refractivity contribution in [3.8, 4) is 11.1 Å². The third kappa shape index (κ3) is 5.67. The van der Waals surface area contributed by atoms with Crippen LogP contribution in [0.25, 0.3) is 11.1 Å². The molecule has 0 spiro atoms. The molecule has 0 aliphatic rings. The van der Waals surface area contributed by atoms with Crippen molar-refractivity contribution < 1.29 is 0 Å². The number of hydrogen-bond acceptors (Lipinski definition) is 1. The average molecular weight is 384 g/mol. The molecule has 3 rings (SSSR count). The lowest BCUT2D eigenvalue weighted by Crippen LogP contribution is -2.03. The van der Waals surface area contributed by atoms with E-state index in [1.807, 2.05) is 0 Å². The molecule has 0 saturated carbocycles. The van der Waals surface area contributed by atoms with Gasteiger partial charge < -0.3 is 0 Å². The summed E-state index contributed by atoms with van der Waals surface area (Å²) < 4.78 is 0. The second kappa shape index (κ2) is 9.69. The summed E-state index contributed by atoms with van der Waals surface area (Å²) in [6.07, 6.45) is 2.07. The molecule has 0 atom stereocenters. The maximum atomic E-state index is 5.19. The summed E-state index contributed by atoms with van der Waals surface area (Å²) in [7, 11) is 0. The fourth-order valence-corrected chi connectivity index (χ4v) is 3.80. The van der Waals surface area contributed by atoms with E-state index in [1.54, 1.807) is 0 Å². The molecule has 0 saturated heterocycles. The highest BCUT2D eigenvalue weighted by Gasteiger charge is 2.15. The van der Waals surface area contributed by atoms with Gasteiger partial charge in [-0.3, -0.25) is 4.99 Å². The molecule has 29 heavy (non-hydrogen) atoms. The number of hydrogen-bond donors (Lipinski definition) is 0. The zero-order valence-electron chi connectivity index (χ0n) is 18.4. The Labute approximate surface area is 176 Å². The first-order chi connectivity index (χ1) is 13.9. The Hall–Kier alpha value is -2.67. The molecule has 0 aliphatic carbocycles. The number of rotatable bonds is 7. The maximum Gasteiger partial charge on any atom is 0.0697 e. The molecule has 0 N–H and O–H groups in total. The van der Waals surface area contributed by atoms with Gasteiger partial charge in [0.25, 0.3) is 0 Å². The summed E-state index contributed by atoms with van der Waals surface area (Å²) >= 11 is 0. The highest BCUT2D eigenvalue weighted by atomic mass is 14.8. The largest absolute Gasteiger partial charge is 0.253 e. The Balaban J connectivity index is 2.18. The van der Waals surface area contributed by atoms with E-state index in [4.69, 9.17) is 4.99 Å². The van der Waals surface area contributed by atoms with E-state index in [1.165, 1.54) is 33.5 Å². The first-order valence-electron chi connectivity index (χ1n) is 10.8. The molecular formula is C28H33N. The van der Waals surface area contributed by atoms with Gasteiger partial charge in [-0.1, -0.05) is 88.4 Å². The Kier molecular flexibility index (Phi) is 7.04. The minimum absolute atomic E-state index is 0.582. The van der Waals surface area contributed by atoms with E-state index in [0.717, 1.165) is 18.6 Å². The van der Waals surface area contributed by atoms with Crippen molar-refractivity contribution in [2.75, 3.05) is 0 Å². The van der Waals surface area contributed by atoms with Crippen LogP contribution in [-0.2, 0) is 12.8 Å². The third-order valence-corrected chi connectivity index (χ3v) is 5.10. The van der Waals surface area contributed by atoms with Crippen molar-refractivity contribution in [3.63, 3.8) is 0 Å². The summed E-state index contributed by atoms with van der Waals surface area (Å²) in [5.41, 5.74) is 8.72. The number of nitrogens with zero attached hydrogens (tertiary/aromatic N) is 1. The molecule has 3 aromatic carbocycles. The summed E-state index contributed by atoms with van der Waals surface area (Å²) in [5.74, 6) is 1.16. The summed E-state index contributed by atoms with van der Waals surface area (Å²) in [5, 5.41) is 0. The van der Waals surface area contributed by atoms with Gasteiger partial charge >= 0.3 is 0 Å². The maximum absolute atomic E-state index is 5.19. The molecule has 0 bridgehead atoms. The van der Waals surface area contributed by atoms with Crippen molar-refractivity contribution in [1.29, 1.82) is 0 Å². The monoisotopic (exact) mass is 383 g/mol. The fraction of sp³-hybridized carbons (Fsp3) is 0.321. The van der Waals surface area contributed by atoms with Gasteiger partial charge in [0.1, 0.15) is 0 Å². The van der Waals surface area contributed by atoms with E-state index < -0.39 is 0 Å². The quantitative estimate of drug-likeness (QED) is 0.368. The van der Waals surface area contributed by atoms with Crippen LogP contribution in [0.2, 0.25) is 0 Å². The van der Waals surface area contributed by atoms with Gasteiger partial charge in [-0.2, -0.15) is 0 Å². The van der Waals surface area contributed by atoms with Crippen molar-refractivity contribution in [3.05, 3.63) is 89.5 Å². The number of benzene rings is 3. The molecule has 1 nitrogen and oxygen atoms in total. The van der Waals surface area contributed by atoms with Gasteiger partial charge in [-0.15, -0.1) is 0 Å². The van der Waals surface area contributed by atoms with Crippen LogP contribution in [0.1, 0.15) is 51.3 Å². The second-order valence-electron chi connectivity index (χ2n) is 8.77. The van der Waals surface area contributed by atoms with Crippen molar-refractivity contribution in [2.24, 2.45) is 16.8 Å². The first kappa shape index (κ1) is 21.0. The number of aliphatic imine (C=N–C) groups is 1. The summed E-state index contributed by atoms with van der Waals surface area (Å²) in [4.78, 5) is 5.19. The van der Waals surface area contributed by atoms with Crippen LogP contribution in [0, 0.1) is 11.8 Å². The molecule has 0 aliphatic heterocycles. The Morgan fingerprint density at radius 1 is 0.690 bits per heavy atom. The third-order valence-electron chi connectivity index (χ3n) is 5.10. The predicted molar refractivity (Wildman–Crippen MR) is 127 cm³/mol. The summed E-state index contributed by atoms with van der Waals surface area (Å²) in [6.45, 7) is 11.3. The highest BCUT2D eigenvalue weighted by Crippen LogP contribution is 2.35. The Morgan fingerprint density at radius 2 is 1.17 bits per heavy atom. The fourth-order valence-electron chi connectivity index (χ4n) is 3.80. The molecule has 0 aromatic heterocycles. The zero-order chi connectivity index (χ0) is 20.8. The molecule has 0 heterocycles. The van der Waals surface area contributed by atoms with Crippen LogP contribution in [0.4, 0.5) is 5.69 Å². The smallest absolute Gasteiger partial charge is 0.0697 e. The van der Waals surface area contributed by atoms with Gasteiger partial charge in [-0.25, -0.2) is 0 Å². The van der Waals surface area contributed by atoms with Crippen molar-refractivity contribution in [1.82, 2.24) is 0 Å².